The van der Waals surface area contributed by atoms with E-state index in [1.165, 1.54) is 16.8 Å². The third-order valence-corrected chi connectivity index (χ3v) is 2.49. The third kappa shape index (κ3) is 4.36. The minimum absolute atomic E-state index is 0.00588. The molecule has 7 heteroatoms. The summed E-state index contributed by atoms with van der Waals surface area (Å²) in [6.07, 6.45) is 1.88. The number of carbonyl (C=O) groups is 1. The number of carbonyl (C=O) groups excluding carboxylic acids is 1. The maximum absolute atomic E-state index is 12.0. The van der Waals surface area contributed by atoms with Gasteiger partial charge >= 0.3 is 5.69 Å². The maximum Gasteiger partial charge on any atom is 0.331 e. The van der Waals surface area contributed by atoms with Crippen LogP contribution in [0.25, 0.3) is 0 Å². The number of rotatable bonds is 6. The molecule has 0 atom stereocenters. The third-order valence-electron chi connectivity index (χ3n) is 2.49. The number of amides is 1. The lowest BCUT2D eigenvalue weighted by atomic mass is 10.4. The molecule has 7 nitrogen and oxygen atoms in total. The van der Waals surface area contributed by atoms with Crippen LogP contribution in [0, 0.1) is 0 Å². The molecule has 3 N–H and O–H groups in total. The Hall–Kier alpha value is -1.89. The lowest BCUT2D eigenvalue weighted by Gasteiger charge is -2.11. The van der Waals surface area contributed by atoms with Gasteiger partial charge in [-0.25, -0.2) is 4.79 Å². The first-order valence-electron chi connectivity index (χ1n) is 6.25. The average molecular weight is 268 g/mol. The second-order valence-corrected chi connectivity index (χ2v) is 4.58. The van der Waals surface area contributed by atoms with Crippen molar-refractivity contribution < 1.29 is 4.79 Å². The van der Waals surface area contributed by atoms with Crippen molar-refractivity contribution >= 4 is 5.91 Å². The molecule has 0 saturated carbocycles. The summed E-state index contributed by atoms with van der Waals surface area (Å²) < 4.78 is 2.31. The molecule has 1 heterocycles. The van der Waals surface area contributed by atoms with Crippen molar-refractivity contribution in [2.45, 2.75) is 39.4 Å². The Balaban J connectivity index is 2.94. The van der Waals surface area contributed by atoms with Crippen LogP contribution < -0.4 is 22.3 Å². The summed E-state index contributed by atoms with van der Waals surface area (Å²) in [5.74, 6) is -0.263. The first-order valence-corrected chi connectivity index (χ1v) is 6.25. The molecule has 0 aliphatic heterocycles. The highest BCUT2D eigenvalue weighted by Crippen LogP contribution is 1.85. The van der Waals surface area contributed by atoms with E-state index in [4.69, 9.17) is 5.73 Å². The smallest absolute Gasteiger partial charge is 0.331 e. The van der Waals surface area contributed by atoms with Gasteiger partial charge in [0.05, 0.1) is 0 Å². The van der Waals surface area contributed by atoms with Crippen molar-refractivity contribution in [2.75, 3.05) is 6.54 Å². The van der Waals surface area contributed by atoms with Gasteiger partial charge in [-0.2, -0.15) is 0 Å². The van der Waals surface area contributed by atoms with Crippen LogP contribution in [0.4, 0.5) is 0 Å². The minimum atomic E-state index is -0.486. The quantitative estimate of drug-likeness (QED) is 0.683. The van der Waals surface area contributed by atoms with Gasteiger partial charge in [-0.1, -0.05) is 0 Å². The lowest BCUT2D eigenvalue weighted by molar-refractivity contribution is -0.122. The second kappa shape index (κ2) is 6.89. The standard InChI is InChI=1S/C12H20N4O3/c1-9(2)14-10(17)8-15-7-4-11(18)16(12(15)19)6-3-5-13/h4,7,9H,3,5-6,8,13H2,1-2H3,(H,14,17). The highest BCUT2D eigenvalue weighted by atomic mass is 16.2. The van der Waals surface area contributed by atoms with Gasteiger partial charge in [-0.05, 0) is 26.8 Å². The summed E-state index contributed by atoms with van der Waals surface area (Å²) >= 11 is 0. The van der Waals surface area contributed by atoms with Gasteiger partial charge < -0.3 is 11.1 Å². The van der Waals surface area contributed by atoms with Gasteiger partial charge in [0.1, 0.15) is 6.54 Å². The van der Waals surface area contributed by atoms with E-state index >= 15 is 0 Å². The normalized spacial score (nSPS) is 10.7. The van der Waals surface area contributed by atoms with Crippen molar-refractivity contribution in [3.63, 3.8) is 0 Å². The van der Waals surface area contributed by atoms with Crippen LogP contribution in [0.1, 0.15) is 20.3 Å². The van der Waals surface area contributed by atoms with Crippen LogP contribution in [0.3, 0.4) is 0 Å². The van der Waals surface area contributed by atoms with Gasteiger partial charge in [0.25, 0.3) is 5.56 Å². The molecule has 0 bridgehead atoms. The van der Waals surface area contributed by atoms with Gasteiger partial charge in [0.2, 0.25) is 5.91 Å². The van der Waals surface area contributed by atoms with Gasteiger partial charge in [0, 0.05) is 24.8 Å². The van der Waals surface area contributed by atoms with Crippen LogP contribution >= 0.6 is 0 Å². The topological polar surface area (TPSA) is 99.1 Å². The molecule has 1 rings (SSSR count). The van der Waals surface area contributed by atoms with E-state index in [1.807, 2.05) is 13.8 Å². The molecular formula is C12H20N4O3. The zero-order chi connectivity index (χ0) is 14.4. The molecule has 0 radical (unpaired) electrons. The number of aromatic nitrogens is 2. The fourth-order valence-electron chi connectivity index (χ4n) is 1.65. The SMILES string of the molecule is CC(C)NC(=O)Cn1ccc(=O)n(CCCN)c1=O. The van der Waals surface area contributed by atoms with Crippen molar-refractivity contribution in [2.24, 2.45) is 5.73 Å². The number of nitrogens with two attached hydrogens (primary N) is 1. The number of hydrogen-bond acceptors (Lipinski definition) is 4. The summed E-state index contributed by atoms with van der Waals surface area (Å²) in [5, 5.41) is 2.69. The van der Waals surface area contributed by atoms with E-state index in [9.17, 15) is 14.4 Å². The molecule has 106 valence electrons. The van der Waals surface area contributed by atoms with Crippen molar-refractivity contribution in [1.82, 2.24) is 14.5 Å². The molecule has 0 unspecified atom stereocenters. The monoisotopic (exact) mass is 268 g/mol. The second-order valence-electron chi connectivity index (χ2n) is 4.58. The fourth-order valence-corrected chi connectivity index (χ4v) is 1.65. The predicted octanol–water partition coefficient (Wildman–Crippen LogP) is -1.12. The van der Waals surface area contributed by atoms with Crippen LogP contribution in [-0.4, -0.2) is 27.6 Å². The molecule has 1 amide bonds. The molecule has 0 aromatic carbocycles. The Labute approximate surface area is 111 Å². The Morgan fingerprint density at radius 3 is 2.68 bits per heavy atom. The lowest BCUT2D eigenvalue weighted by Crippen LogP contribution is -2.42. The van der Waals surface area contributed by atoms with E-state index < -0.39 is 5.69 Å². The van der Waals surface area contributed by atoms with E-state index in [-0.39, 0.29) is 30.6 Å². The van der Waals surface area contributed by atoms with Gasteiger partial charge in [-0.15, -0.1) is 0 Å². The zero-order valence-corrected chi connectivity index (χ0v) is 11.3. The molecule has 0 aliphatic carbocycles. The van der Waals surface area contributed by atoms with E-state index in [0.29, 0.717) is 13.0 Å². The molecule has 0 aliphatic rings. The van der Waals surface area contributed by atoms with Crippen molar-refractivity contribution in [1.29, 1.82) is 0 Å². The van der Waals surface area contributed by atoms with Gasteiger partial charge in [0.15, 0.2) is 0 Å². The Morgan fingerprint density at radius 2 is 2.11 bits per heavy atom. The largest absolute Gasteiger partial charge is 0.352 e. The van der Waals surface area contributed by atoms with E-state index in [2.05, 4.69) is 5.32 Å². The summed E-state index contributed by atoms with van der Waals surface area (Å²) in [7, 11) is 0. The Bertz CT molecular complexity index is 545. The molecule has 0 saturated heterocycles. The first kappa shape index (κ1) is 15.2. The Kier molecular flexibility index (Phi) is 5.50. The minimum Gasteiger partial charge on any atom is -0.352 e. The highest BCUT2D eigenvalue weighted by Gasteiger charge is 2.09. The molecule has 1 aromatic heterocycles. The van der Waals surface area contributed by atoms with Crippen LogP contribution in [0.5, 0.6) is 0 Å². The first-order chi connectivity index (χ1) is 8.95. The van der Waals surface area contributed by atoms with Crippen LogP contribution in [0.2, 0.25) is 0 Å². The number of nitrogens with zero attached hydrogens (tertiary/aromatic N) is 2. The fraction of sp³-hybridized carbons (Fsp3) is 0.583. The predicted molar refractivity (Wildman–Crippen MR) is 71.9 cm³/mol. The maximum atomic E-state index is 12.0. The van der Waals surface area contributed by atoms with Crippen LogP contribution in [-0.2, 0) is 17.9 Å². The molecule has 19 heavy (non-hydrogen) atoms. The van der Waals surface area contributed by atoms with Crippen LogP contribution in [0.15, 0.2) is 21.9 Å². The highest BCUT2D eigenvalue weighted by molar-refractivity contribution is 5.75. The zero-order valence-electron chi connectivity index (χ0n) is 11.3. The summed E-state index contributed by atoms with van der Waals surface area (Å²) in [4.78, 5) is 35.2. The van der Waals surface area contributed by atoms with E-state index in [0.717, 1.165) is 4.57 Å². The summed E-state index contributed by atoms with van der Waals surface area (Å²) in [5.41, 5.74) is 4.50. The molecule has 0 spiro atoms. The van der Waals surface area contributed by atoms with Crippen molar-refractivity contribution in [3.05, 3.63) is 33.1 Å². The molecule has 1 aromatic rings. The summed E-state index contributed by atoms with van der Waals surface area (Å²) in [6.45, 7) is 4.24. The summed E-state index contributed by atoms with van der Waals surface area (Å²) in [6, 6.07) is 1.28. The van der Waals surface area contributed by atoms with Crippen molar-refractivity contribution in [3.8, 4) is 0 Å². The molecular weight excluding hydrogens is 248 g/mol. The number of hydrogen-bond donors (Lipinski definition) is 2. The van der Waals surface area contributed by atoms with E-state index in [1.54, 1.807) is 0 Å². The average Bonchev–Trinajstić information content (AvgIpc) is 2.32. The van der Waals surface area contributed by atoms with Gasteiger partial charge in [-0.3, -0.25) is 18.7 Å². The Morgan fingerprint density at radius 1 is 1.42 bits per heavy atom. The molecule has 0 fully saturated rings. The number of nitrogens with one attached hydrogen (secondary N) is 1.